The van der Waals surface area contributed by atoms with E-state index in [1.165, 1.54) is 6.92 Å². The van der Waals surface area contributed by atoms with Gasteiger partial charge in [0, 0.05) is 71.0 Å². The SMILES string of the molecule is CCC(CNCc1cccnc1)/C(=N/N/C=C\NCCCCOC)NC(C)=O. The molecule has 0 aliphatic rings. The Labute approximate surface area is 168 Å². The summed E-state index contributed by atoms with van der Waals surface area (Å²) in [7, 11) is 1.71. The molecule has 0 aliphatic heterocycles. The van der Waals surface area contributed by atoms with Gasteiger partial charge in [0.2, 0.25) is 5.91 Å². The summed E-state index contributed by atoms with van der Waals surface area (Å²) in [6.07, 6.45) is 10.0. The van der Waals surface area contributed by atoms with E-state index in [1.54, 1.807) is 19.5 Å². The summed E-state index contributed by atoms with van der Waals surface area (Å²) in [6.45, 7) is 6.64. The van der Waals surface area contributed by atoms with E-state index in [0.29, 0.717) is 12.4 Å². The minimum absolute atomic E-state index is 0.0866. The quantitative estimate of drug-likeness (QED) is 0.167. The highest BCUT2D eigenvalue weighted by atomic mass is 16.5. The number of methoxy groups -OCH3 is 1. The second-order valence-electron chi connectivity index (χ2n) is 6.39. The molecule has 0 saturated heterocycles. The van der Waals surface area contributed by atoms with Crippen LogP contribution in [-0.2, 0) is 16.1 Å². The van der Waals surface area contributed by atoms with Crippen molar-refractivity contribution < 1.29 is 9.53 Å². The van der Waals surface area contributed by atoms with Crippen LogP contribution >= 0.6 is 0 Å². The maximum Gasteiger partial charge on any atom is 0.222 e. The van der Waals surface area contributed by atoms with Gasteiger partial charge < -0.3 is 20.7 Å². The number of nitrogens with one attached hydrogen (secondary N) is 4. The lowest BCUT2D eigenvalue weighted by Gasteiger charge is -2.18. The van der Waals surface area contributed by atoms with Gasteiger partial charge in [-0.15, -0.1) is 0 Å². The molecular formula is C20H34N6O2. The van der Waals surface area contributed by atoms with E-state index in [0.717, 1.165) is 44.5 Å². The number of carbonyl (C=O) groups is 1. The highest BCUT2D eigenvalue weighted by Gasteiger charge is 2.15. The Bertz CT molecular complexity index is 592. The summed E-state index contributed by atoms with van der Waals surface area (Å²) < 4.78 is 5.01. The highest BCUT2D eigenvalue weighted by Crippen LogP contribution is 2.04. The molecule has 1 heterocycles. The molecular weight excluding hydrogens is 356 g/mol. The molecule has 0 bridgehead atoms. The molecule has 8 nitrogen and oxygen atoms in total. The first kappa shape index (κ1) is 23.6. The van der Waals surface area contributed by atoms with Crippen molar-refractivity contribution in [3.63, 3.8) is 0 Å². The van der Waals surface area contributed by atoms with Gasteiger partial charge in [0.15, 0.2) is 0 Å². The van der Waals surface area contributed by atoms with Crippen LogP contribution in [0.4, 0.5) is 0 Å². The maximum atomic E-state index is 11.5. The molecule has 1 unspecified atom stereocenters. The molecule has 4 N–H and O–H groups in total. The van der Waals surface area contributed by atoms with Crippen LogP contribution < -0.4 is 21.4 Å². The number of hydrogen-bond acceptors (Lipinski definition) is 7. The highest BCUT2D eigenvalue weighted by molar-refractivity contribution is 5.98. The number of aromatic nitrogens is 1. The average molecular weight is 391 g/mol. The first-order valence-corrected chi connectivity index (χ1v) is 9.75. The molecule has 0 saturated carbocycles. The standard InChI is InChI=1S/C20H34N6O2/c1-4-19(16-23-15-18-8-7-10-22-14-18)20(25-17(2)27)26-24-12-11-21-9-5-6-13-28-3/h7-8,10-12,14,19,21,23-24H,4-6,9,13,15-16H2,1-3H3,(H,25,26,27)/b12-11-. The third-order valence-corrected chi connectivity index (χ3v) is 4.01. The third-order valence-electron chi connectivity index (χ3n) is 4.01. The van der Waals surface area contributed by atoms with Crippen LogP contribution in [0.1, 0.15) is 38.7 Å². The van der Waals surface area contributed by atoms with E-state index in [-0.39, 0.29) is 11.8 Å². The van der Waals surface area contributed by atoms with Crippen LogP contribution in [0.5, 0.6) is 0 Å². The normalized spacial score (nSPS) is 12.8. The van der Waals surface area contributed by atoms with Gasteiger partial charge >= 0.3 is 0 Å². The number of ether oxygens (including phenoxy) is 1. The topological polar surface area (TPSA) is 99.7 Å². The van der Waals surface area contributed by atoms with Crippen molar-refractivity contribution in [3.05, 3.63) is 42.5 Å². The second-order valence-corrected chi connectivity index (χ2v) is 6.39. The molecule has 156 valence electrons. The van der Waals surface area contributed by atoms with Gasteiger partial charge in [-0.1, -0.05) is 13.0 Å². The zero-order valence-corrected chi connectivity index (χ0v) is 17.2. The molecule has 1 aromatic rings. The molecule has 0 radical (unpaired) electrons. The van der Waals surface area contributed by atoms with E-state index in [9.17, 15) is 4.79 Å². The predicted molar refractivity (Wildman–Crippen MR) is 112 cm³/mol. The number of amides is 1. The van der Waals surface area contributed by atoms with Crippen LogP contribution in [0, 0.1) is 5.92 Å². The molecule has 1 atom stereocenters. The minimum atomic E-state index is -0.133. The first-order valence-electron chi connectivity index (χ1n) is 9.75. The summed E-state index contributed by atoms with van der Waals surface area (Å²) in [6, 6.07) is 3.94. The molecule has 0 aliphatic carbocycles. The largest absolute Gasteiger partial charge is 0.390 e. The van der Waals surface area contributed by atoms with E-state index >= 15 is 0 Å². The smallest absolute Gasteiger partial charge is 0.222 e. The number of rotatable bonds is 14. The molecule has 28 heavy (non-hydrogen) atoms. The Morgan fingerprint density at radius 1 is 1.36 bits per heavy atom. The van der Waals surface area contributed by atoms with Crippen molar-refractivity contribution in [3.8, 4) is 0 Å². The monoisotopic (exact) mass is 390 g/mol. The molecule has 1 aromatic heterocycles. The molecule has 1 amide bonds. The zero-order chi connectivity index (χ0) is 20.5. The zero-order valence-electron chi connectivity index (χ0n) is 17.2. The van der Waals surface area contributed by atoms with Gasteiger partial charge in [-0.25, -0.2) is 0 Å². The summed E-state index contributed by atoms with van der Waals surface area (Å²) >= 11 is 0. The van der Waals surface area contributed by atoms with Crippen molar-refractivity contribution in [1.82, 2.24) is 26.4 Å². The molecule has 8 heteroatoms. The summed E-state index contributed by atoms with van der Waals surface area (Å²) in [5.74, 6) is 0.577. The fraction of sp³-hybridized carbons (Fsp3) is 0.550. The van der Waals surface area contributed by atoms with E-state index in [2.05, 4.69) is 38.4 Å². The number of hydrogen-bond donors (Lipinski definition) is 4. The lowest BCUT2D eigenvalue weighted by Crippen LogP contribution is -2.39. The van der Waals surface area contributed by atoms with E-state index in [1.807, 2.05) is 24.5 Å². The average Bonchev–Trinajstić information content (AvgIpc) is 2.70. The third kappa shape index (κ3) is 11.3. The number of nitrogens with zero attached hydrogens (tertiary/aromatic N) is 2. The number of pyridine rings is 1. The number of carbonyl (C=O) groups excluding carboxylic acids is 1. The van der Waals surface area contributed by atoms with Crippen molar-refractivity contribution in [2.75, 3.05) is 26.8 Å². The summed E-state index contributed by atoms with van der Waals surface area (Å²) in [5, 5.41) is 13.8. The summed E-state index contributed by atoms with van der Waals surface area (Å²) in [5.41, 5.74) is 4.00. The Morgan fingerprint density at radius 3 is 2.89 bits per heavy atom. The van der Waals surface area contributed by atoms with Crippen LogP contribution in [0.15, 0.2) is 42.0 Å². The van der Waals surface area contributed by atoms with Crippen LogP contribution in [0.3, 0.4) is 0 Å². The second kappa shape index (κ2) is 15.6. The predicted octanol–water partition coefficient (Wildman–Crippen LogP) is 1.72. The summed E-state index contributed by atoms with van der Waals surface area (Å²) in [4.78, 5) is 15.7. The van der Waals surface area contributed by atoms with Gasteiger partial charge in [0.1, 0.15) is 5.84 Å². The number of hydrazone groups is 1. The van der Waals surface area contributed by atoms with Gasteiger partial charge in [-0.2, -0.15) is 5.10 Å². The van der Waals surface area contributed by atoms with Crippen molar-refractivity contribution in [2.45, 2.75) is 39.7 Å². The Kier molecular flexibility index (Phi) is 13.1. The lowest BCUT2D eigenvalue weighted by molar-refractivity contribution is -0.117. The molecule has 1 rings (SSSR count). The lowest BCUT2D eigenvalue weighted by atomic mass is 10.1. The fourth-order valence-corrected chi connectivity index (χ4v) is 2.49. The van der Waals surface area contributed by atoms with E-state index in [4.69, 9.17) is 4.74 Å². The van der Waals surface area contributed by atoms with Crippen LogP contribution in [0.25, 0.3) is 0 Å². The van der Waals surface area contributed by atoms with E-state index < -0.39 is 0 Å². The molecule has 0 fully saturated rings. The van der Waals surface area contributed by atoms with Gasteiger partial charge in [-0.3, -0.25) is 15.2 Å². The molecule has 0 spiro atoms. The van der Waals surface area contributed by atoms with Gasteiger partial charge in [0.25, 0.3) is 0 Å². The Morgan fingerprint density at radius 2 is 2.21 bits per heavy atom. The van der Waals surface area contributed by atoms with Crippen molar-refractivity contribution in [1.29, 1.82) is 0 Å². The fourth-order valence-electron chi connectivity index (χ4n) is 2.49. The number of unbranched alkanes of at least 4 members (excludes halogenated alkanes) is 1. The Hall–Kier alpha value is -2.45. The molecule has 0 aromatic carbocycles. The van der Waals surface area contributed by atoms with Gasteiger partial charge in [-0.05, 0) is 30.9 Å². The van der Waals surface area contributed by atoms with Crippen molar-refractivity contribution in [2.24, 2.45) is 11.0 Å². The maximum absolute atomic E-state index is 11.5. The van der Waals surface area contributed by atoms with Crippen LogP contribution in [0.2, 0.25) is 0 Å². The van der Waals surface area contributed by atoms with Gasteiger partial charge in [0.05, 0.1) is 0 Å². The first-order chi connectivity index (χ1) is 13.7. The van der Waals surface area contributed by atoms with Crippen molar-refractivity contribution >= 4 is 11.7 Å². The number of amidine groups is 1. The minimum Gasteiger partial charge on any atom is -0.390 e. The Balaban J connectivity index is 2.46. The van der Waals surface area contributed by atoms with Crippen LogP contribution in [-0.4, -0.2) is 43.5 Å².